The molecule has 16 heteroatoms. The molecule has 1 atom stereocenters. The Morgan fingerprint density at radius 1 is 1.10 bits per heavy atom. The van der Waals surface area contributed by atoms with Gasteiger partial charge in [0, 0.05) is 90.0 Å². The minimum Gasteiger partial charge on any atom is -0.455 e. The molecule has 3 aliphatic rings. The van der Waals surface area contributed by atoms with Gasteiger partial charge in [0.25, 0.3) is 21.6 Å². The zero-order chi connectivity index (χ0) is 41.5. The van der Waals surface area contributed by atoms with E-state index in [0.29, 0.717) is 27.6 Å². The van der Waals surface area contributed by atoms with Gasteiger partial charge >= 0.3 is 0 Å². The summed E-state index contributed by atoms with van der Waals surface area (Å²) in [5.41, 5.74) is 5.74. The molecular formula is C43H45ClN6O7S2. The molecule has 0 bridgehead atoms. The number of allylic oxidation sites excluding steroid dienone is 1. The Balaban J connectivity index is 1.04. The van der Waals surface area contributed by atoms with E-state index >= 15 is 0 Å². The number of carbonyl (C=O) groups is 1. The maximum Gasteiger partial charge on any atom is 0.275 e. The fourth-order valence-electron chi connectivity index (χ4n) is 8.15. The zero-order valence-corrected chi connectivity index (χ0v) is 35.1. The summed E-state index contributed by atoms with van der Waals surface area (Å²) in [4.78, 5) is 37.5. The summed E-state index contributed by atoms with van der Waals surface area (Å²) in [6.45, 7) is 8.48. The summed E-state index contributed by atoms with van der Waals surface area (Å²) in [6, 6.07) is 19.1. The number of fused-ring (bicyclic) bond motifs is 2. The van der Waals surface area contributed by atoms with E-state index in [1.165, 1.54) is 46.8 Å². The third-order valence-electron chi connectivity index (χ3n) is 11.5. The summed E-state index contributed by atoms with van der Waals surface area (Å²) in [5, 5.41) is 23.2. The molecule has 3 N–H and O–H groups in total. The van der Waals surface area contributed by atoms with Crippen LogP contribution in [0.4, 0.5) is 11.4 Å². The standard InChI is InChI=1S/C43H45ClN6O7S2/c1-43(2)11-9-30(37(22-43)28-3-5-31(44)6-4-28)24-48-13-15-49(16-14-48)32-7-8-35(39(19-32)57-33-18-29-10-12-45-41(29)46-23-33)42(52)47-59(55,56)34-20-38(50(53)54)36-17-27(25-51)26-58-40(36)21-34/h3-8,10,12,18-21,23,27,51H,9,11,13-17,22,24-26H2,1-2H3,(H,45,46)(H,47,52)/t27-/m0/s1. The van der Waals surface area contributed by atoms with Gasteiger partial charge in [-0.05, 0) is 90.6 Å². The lowest BCUT2D eigenvalue weighted by Gasteiger charge is -2.39. The molecule has 308 valence electrons. The van der Waals surface area contributed by atoms with Crippen LogP contribution < -0.4 is 14.4 Å². The molecule has 4 heterocycles. The summed E-state index contributed by atoms with van der Waals surface area (Å²) in [6.07, 6.45) is 6.71. The Morgan fingerprint density at radius 2 is 1.88 bits per heavy atom. The molecule has 0 unspecified atom stereocenters. The second kappa shape index (κ2) is 16.6. The molecule has 8 rings (SSSR count). The summed E-state index contributed by atoms with van der Waals surface area (Å²) in [5.74, 6) is -0.198. The van der Waals surface area contributed by atoms with E-state index in [4.69, 9.17) is 16.3 Å². The number of nitro benzene ring substituents is 1. The van der Waals surface area contributed by atoms with E-state index in [9.17, 15) is 28.4 Å². The average Bonchev–Trinajstić information content (AvgIpc) is 3.69. The molecule has 1 amide bonds. The highest BCUT2D eigenvalue weighted by Gasteiger charge is 2.33. The molecule has 0 spiro atoms. The number of pyridine rings is 1. The number of nitrogens with one attached hydrogen (secondary N) is 2. The number of amides is 1. The number of thioether (sulfide) groups is 1. The van der Waals surface area contributed by atoms with Crippen LogP contribution in [0.2, 0.25) is 5.02 Å². The van der Waals surface area contributed by atoms with Crippen molar-refractivity contribution in [3.63, 3.8) is 0 Å². The first-order valence-corrected chi connectivity index (χ1v) is 22.4. The molecule has 1 fully saturated rings. The Kier molecular flexibility index (Phi) is 11.5. The molecule has 0 saturated carbocycles. The predicted octanol–water partition coefficient (Wildman–Crippen LogP) is 8.08. The second-order valence-corrected chi connectivity index (χ2v) is 19.4. The number of sulfonamides is 1. The first-order valence-electron chi connectivity index (χ1n) is 19.6. The van der Waals surface area contributed by atoms with Crippen molar-refractivity contribution in [3.05, 3.63) is 117 Å². The Labute approximate surface area is 352 Å². The number of benzene rings is 3. The maximum absolute atomic E-state index is 13.9. The van der Waals surface area contributed by atoms with Crippen molar-refractivity contribution in [1.82, 2.24) is 19.6 Å². The minimum atomic E-state index is -4.57. The highest BCUT2D eigenvalue weighted by molar-refractivity contribution is 7.99. The van der Waals surface area contributed by atoms with Crippen LogP contribution in [-0.2, 0) is 16.4 Å². The Morgan fingerprint density at radius 3 is 2.63 bits per heavy atom. The largest absolute Gasteiger partial charge is 0.455 e. The fourth-order valence-corrected chi connectivity index (χ4v) is 10.6. The Bertz CT molecular complexity index is 2570. The maximum atomic E-state index is 13.9. The molecule has 2 aliphatic heterocycles. The van der Waals surface area contributed by atoms with E-state index in [0.717, 1.165) is 74.1 Å². The van der Waals surface area contributed by atoms with Gasteiger partial charge in [-0.1, -0.05) is 43.2 Å². The molecule has 2 aromatic heterocycles. The number of halogens is 1. The fraction of sp³-hybridized carbons (Fsp3) is 0.349. The van der Waals surface area contributed by atoms with Crippen molar-refractivity contribution in [2.24, 2.45) is 11.3 Å². The zero-order valence-electron chi connectivity index (χ0n) is 32.7. The topological polar surface area (TPSA) is 171 Å². The number of carbonyl (C=O) groups excluding carboxylic acids is 1. The van der Waals surface area contributed by atoms with Gasteiger partial charge in [-0.3, -0.25) is 19.8 Å². The third-order valence-corrected chi connectivity index (χ3v) is 14.3. The van der Waals surface area contributed by atoms with E-state index in [2.05, 4.69) is 50.5 Å². The monoisotopic (exact) mass is 856 g/mol. The number of anilines is 1. The van der Waals surface area contributed by atoms with Crippen molar-refractivity contribution < 1.29 is 28.0 Å². The molecule has 13 nitrogen and oxygen atoms in total. The predicted molar refractivity (Wildman–Crippen MR) is 230 cm³/mol. The van der Waals surface area contributed by atoms with Gasteiger partial charge in [-0.15, -0.1) is 11.8 Å². The van der Waals surface area contributed by atoms with Crippen LogP contribution in [0.1, 0.15) is 54.6 Å². The van der Waals surface area contributed by atoms with Crippen molar-refractivity contribution in [2.45, 2.75) is 49.3 Å². The summed E-state index contributed by atoms with van der Waals surface area (Å²) < 4.78 is 35.9. The number of aromatic nitrogens is 2. The van der Waals surface area contributed by atoms with E-state index in [-0.39, 0.29) is 41.4 Å². The van der Waals surface area contributed by atoms with Gasteiger partial charge in [0.05, 0.1) is 21.6 Å². The smallest absolute Gasteiger partial charge is 0.275 e. The molecule has 1 saturated heterocycles. The lowest BCUT2D eigenvalue weighted by molar-refractivity contribution is -0.386. The van der Waals surface area contributed by atoms with E-state index in [1.807, 2.05) is 18.2 Å². The van der Waals surface area contributed by atoms with Crippen molar-refractivity contribution in [2.75, 3.05) is 50.0 Å². The molecule has 0 radical (unpaired) electrons. The molecule has 3 aromatic carbocycles. The highest BCUT2D eigenvalue weighted by Crippen LogP contribution is 2.44. The number of aromatic amines is 1. The summed E-state index contributed by atoms with van der Waals surface area (Å²) in [7, 11) is -4.57. The van der Waals surface area contributed by atoms with E-state index in [1.54, 1.807) is 24.4 Å². The van der Waals surface area contributed by atoms with Gasteiger partial charge < -0.3 is 19.7 Å². The molecule has 59 heavy (non-hydrogen) atoms. The van der Waals surface area contributed by atoms with Crippen LogP contribution in [0.5, 0.6) is 11.5 Å². The number of piperazine rings is 1. The average molecular weight is 857 g/mol. The minimum absolute atomic E-state index is 0.0420. The number of aliphatic hydroxyl groups excluding tert-OH is 1. The van der Waals surface area contributed by atoms with Gasteiger partial charge in [0.2, 0.25) is 0 Å². The SMILES string of the molecule is CC1(C)CCC(CN2CCN(c3ccc(C(=O)NS(=O)(=O)c4cc5c(c([N+](=O)[O-])c4)C[C@@H](CO)CS5)c(Oc4cnc5[nH]ccc5c4)c3)CC2)=C(c2ccc(Cl)cc2)C1. The van der Waals surface area contributed by atoms with Gasteiger partial charge in [-0.2, -0.15) is 0 Å². The lowest BCUT2D eigenvalue weighted by atomic mass is 9.72. The molecule has 1 aliphatic carbocycles. The first kappa shape index (κ1) is 40.8. The number of rotatable bonds is 11. The van der Waals surface area contributed by atoms with Crippen molar-refractivity contribution in [3.8, 4) is 11.5 Å². The van der Waals surface area contributed by atoms with E-state index < -0.39 is 25.7 Å². The first-order chi connectivity index (χ1) is 28.2. The van der Waals surface area contributed by atoms with Crippen LogP contribution in [0.15, 0.2) is 94.5 Å². The van der Waals surface area contributed by atoms with Gasteiger partial charge in [0.15, 0.2) is 0 Å². The number of aliphatic hydroxyl groups is 1. The lowest BCUT2D eigenvalue weighted by Crippen LogP contribution is -2.47. The van der Waals surface area contributed by atoms with Crippen molar-refractivity contribution >= 4 is 67.3 Å². The molecule has 5 aromatic rings. The molecular weight excluding hydrogens is 812 g/mol. The number of nitrogens with zero attached hydrogens (tertiary/aromatic N) is 4. The normalized spacial score (nSPS) is 18.4. The number of H-pyrrole nitrogens is 1. The van der Waals surface area contributed by atoms with Crippen LogP contribution in [0, 0.1) is 21.4 Å². The van der Waals surface area contributed by atoms with Crippen LogP contribution in [0.25, 0.3) is 16.6 Å². The van der Waals surface area contributed by atoms with Crippen molar-refractivity contribution in [1.29, 1.82) is 0 Å². The van der Waals surface area contributed by atoms with Crippen LogP contribution in [-0.4, -0.2) is 84.3 Å². The second-order valence-electron chi connectivity index (χ2n) is 16.2. The highest BCUT2D eigenvalue weighted by atomic mass is 35.5. The van der Waals surface area contributed by atoms with Crippen LogP contribution in [0.3, 0.4) is 0 Å². The summed E-state index contributed by atoms with van der Waals surface area (Å²) >= 11 is 7.48. The third kappa shape index (κ3) is 8.99. The van der Waals surface area contributed by atoms with Gasteiger partial charge in [-0.25, -0.2) is 18.1 Å². The quantitative estimate of drug-likeness (QED) is 0.0867. The Hall–Kier alpha value is -4.93. The number of nitro groups is 1. The number of hydrogen-bond acceptors (Lipinski definition) is 11. The van der Waals surface area contributed by atoms with Gasteiger partial charge in [0.1, 0.15) is 17.1 Å². The number of hydrogen-bond donors (Lipinski definition) is 3. The van der Waals surface area contributed by atoms with Crippen LogP contribution >= 0.6 is 23.4 Å². The number of ether oxygens (including phenoxy) is 1.